The van der Waals surface area contributed by atoms with E-state index in [0.717, 1.165) is 3.57 Å². The van der Waals surface area contributed by atoms with Gasteiger partial charge < -0.3 is 4.74 Å². The van der Waals surface area contributed by atoms with Crippen LogP contribution in [0, 0.1) is 3.57 Å². The van der Waals surface area contributed by atoms with Crippen LogP contribution in [0.2, 0.25) is 5.02 Å². The van der Waals surface area contributed by atoms with Crippen molar-refractivity contribution in [3.8, 4) is 0 Å². The lowest BCUT2D eigenvalue weighted by molar-refractivity contribution is 0.130. The number of rotatable bonds is 2. The van der Waals surface area contributed by atoms with E-state index in [1.165, 1.54) is 0 Å². The van der Waals surface area contributed by atoms with E-state index < -0.39 is 6.09 Å². The highest BCUT2D eigenvalue weighted by atomic mass is 127. The van der Waals surface area contributed by atoms with E-state index in [9.17, 15) is 4.79 Å². The number of nitrogens with one attached hydrogen (secondary N) is 1. The maximum Gasteiger partial charge on any atom is 0.411 e. The number of carbonyl (C=O) groups excluding carboxylic acids is 1. The summed E-state index contributed by atoms with van der Waals surface area (Å²) < 4.78 is 5.94. The summed E-state index contributed by atoms with van der Waals surface area (Å²) >= 11 is 8.08. The highest BCUT2D eigenvalue weighted by molar-refractivity contribution is 14.1. The average molecular weight is 340 g/mol. The minimum absolute atomic E-state index is 0.146. The molecule has 0 saturated heterocycles. The fraction of sp³-hybridized carbons (Fsp3) is 0.300. The number of carbonyl (C=O) groups is 1. The molecule has 0 spiro atoms. The molecule has 1 aromatic rings. The molecule has 0 aliphatic carbocycles. The van der Waals surface area contributed by atoms with Gasteiger partial charge in [-0.15, -0.1) is 0 Å². The second-order valence-electron chi connectivity index (χ2n) is 3.20. The molecule has 0 aromatic heterocycles. The van der Waals surface area contributed by atoms with Crippen molar-refractivity contribution >= 4 is 46.0 Å². The normalized spacial score (nSPS) is 10.2. The summed E-state index contributed by atoms with van der Waals surface area (Å²) in [5.74, 6) is 0. The number of benzene rings is 1. The third kappa shape index (κ3) is 4.25. The summed E-state index contributed by atoms with van der Waals surface area (Å²) in [6.07, 6.45) is -0.638. The largest absolute Gasteiger partial charge is 0.447 e. The fourth-order valence-corrected chi connectivity index (χ4v) is 1.85. The van der Waals surface area contributed by atoms with Crippen LogP contribution in [0.5, 0.6) is 0 Å². The molecule has 1 aromatic carbocycles. The van der Waals surface area contributed by atoms with Crippen molar-refractivity contribution in [1.29, 1.82) is 0 Å². The van der Waals surface area contributed by atoms with Gasteiger partial charge in [-0.2, -0.15) is 0 Å². The second-order valence-corrected chi connectivity index (χ2v) is 4.86. The molecular formula is C10H11ClINO2. The summed E-state index contributed by atoms with van der Waals surface area (Å²) in [4.78, 5) is 11.3. The van der Waals surface area contributed by atoms with Crippen LogP contribution in [0.3, 0.4) is 0 Å². The van der Waals surface area contributed by atoms with Crippen LogP contribution in [0.25, 0.3) is 0 Å². The first kappa shape index (κ1) is 12.6. The van der Waals surface area contributed by atoms with Gasteiger partial charge in [0, 0.05) is 3.57 Å². The van der Waals surface area contributed by atoms with Gasteiger partial charge in [0.25, 0.3) is 0 Å². The molecule has 0 aliphatic rings. The van der Waals surface area contributed by atoms with Crippen LogP contribution in [0.1, 0.15) is 13.8 Å². The van der Waals surface area contributed by atoms with E-state index in [0.29, 0.717) is 10.7 Å². The maximum absolute atomic E-state index is 11.3. The quantitative estimate of drug-likeness (QED) is 0.830. The Hall–Kier alpha value is -0.490. The van der Waals surface area contributed by atoms with Gasteiger partial charge in [0.05, 0.1) is 16.8 Å². The number of amides is 1. The molecule has 1 N–H and O–H groups in total. The van der Waals surface area contributed by atoms with Gasteiger partial charge in [-0.05, 0) is 54.6 Å². The van der Waals surface area contributed by atoms with Crippen LogP contribution in [-0.2, 0) is 4.74 Å². The Balaban J connectivity index is 2.68. The highest BCUT2D eigenvalue weighted by Crippen LogP contribution is 2.23. The molecule has 0 radical (unpaired) electrons. The van der Waals surface area contributed by atoms with Crippen molar-refractivity contribution in [3.63, 3.8) is 0 Å². The molecule has 15 heavy (non-hydrogen) atoms. The molecule has 82 valence electrons. The first-order valence-corrected chi connectivity index (χ1v) is 5.87. The van der Waals surface area contributed by atoms with Crippen molar-refractivity contribution < 1.29 is 9.53 Å². The SMILES string of the molecule is CC(C)OC(=O)Nc1ccc(I)cc1Cl. The maximum atomic E-state index is 11.3. The van der Waals surface area contributed by atoms with Crippen LogP contribution in [0.4, 0.5) is 10.5 Å². The molecular weight excluding hydrogens is 328 g/mol. The third-order valence-electron chi connectivity index (χ3n) is 1.51. The van der Waals surface area contributed by atoms with Gasteiger partial charge in [-0.25, -0.2) is 4.79 Å². The average Bonchev–Trinajstić information content (AvgIpc) is 2.08. The lowest BCUT2D eigenvalue weighted by Gasteiger charge is -2.10. The van der Waals surface area contributed by atoms with E-state index in [1.807, 2.05) is 6.07 Å². The smallest absolute Gasteiger partial charge is 0.411 e. The van der Waals surface area contributed by atoms with Crippen molar-refractivity contribution in [2.45, 2.75) is 20.0 Å². The number of ether oxygens (including phenoxy) is 1. The molecule has 0 saturated carbocycles. The van der Waals surface area contributed by atoms with Crippen molar-refractivity contribution in [1.82, 2.24) is 0 Å². The minimum Gasteiger partial charge on any atom is -0.447 e. The Bertz CT molecular complexity index is 368. The lowest BCUT2D eigenvalue weighted by atomic mass is 10.3. The van der Waals surface area contributed by atoms with Crippen LogP contribution >= 0.6 is 34.2 Å². The Morgan fingerprint density at radius 3 is 2.73 bits per heavy atom. The van der Waals surface area contributed by atoms with Crippen molar-refractivity contribution in [2.75, 3.05) is 5.32 Å². The zero-order chi connectivity index (χ0) is 11.4. The van der Waals surface area contributed by atoms with Gasteiger partial charge in [-0.3, -0.25) is 5.32 Å². The third-order valence-corrected chi connectivity index (χ3v) is 2.49. The molecule has 3 nitrogen and oxygen atoms in total. The van der Waals surface area contributed by atoms with Crippen LogP contribution in [0.15, 0.2) is 18.2 Å². The molecule has 0 unspecified atom stereocenters. The van der Waals surface area contributed by atoms with E-state index in [4.69, 9.17) is 16.3 Å². The Morgan fingerprint density at radius 1 is 1.53 bits per heavy atom. The standard InChI is InChI=1S/C10H11ClINO2/c1-6(2)15-10(14)13-9-4-3-7(12)5-8(9)11/h3-6H,1-2H3,(H,13,14). The zero-order valence-electron chi connectivity index (χ0n) is 8.38. The number of hydrogen-bond acceptors (Lipinski definition) is 2. The monoisotopic (exact) mass is 339 g/mol. The summed E-state index contributed by atoms with van der Waals surface area (Å²) in [7, 11) is 0. The second kappa shape index (κ2) is 5.55. The number of hydrogen-bond donors (Lipinski definition) is 1. The van der Waals surface area contributed by atoms with Crippen molar-refractivity contribution in [3.05, 3.63) is 26.8 Å². The molecule has 5 heteroatoms. The van der Waals surface area contributed by atoms with E-state index in [2.05, 4.69) is 27.9 Å². The van der Waals surface area contributed by atoms with Crippen LogP contribution < -0.4 is 5.32 Å². The Kier molecular flexibility index (Phi) is 4.66. The van der Waals surface area contributed by atoms with Gasteiger partial charge in [0.2, 0.25) is 0 Å². The highest BCUT2D eigenvalue weighted by Gasteiger charge is 2.08. The summed E-state index contributed by atoms with van der Waals surface area (Å²) in [5, 5.41) is 3.07. The molecule has 1 rings (SSSR count). The van der Waals surface area contributed by atoms with Gasteiger partial charge in [-0.1, -0.05) is 11.6 Å². The summed E-state index contributed by atoms with van der Waals surface area (Å²) in [6.45, 7) is 3.57. The van der Waals surface area contributed by atoms with Gasteiger partial charge >= 0.3 is 6.09 Å². The van der Waals surface area contributed by atoms with E-state index >= 15 is 0 Å². The molecule has 0 atom stereocenters. The number of anilines is 1. The van der Waals surface area contributed by atoms with E-state index in [-0.39, 0.29) is 6.10 Å². The minimum atomic E-state index is -0.492. The molecule has 0 fully saturated rings. The molecule has 0 aliphatic heterocycles. The Morgan fingerprint density at radius 2 is 2.20 bits per heavy atom. The number of halogens is 2. The fourth-order valence-electron chi connectivity index (χ4n) is 0.944. The lowest BCUT2D eigenvalue weighted by Crippen LogP contribution is -2.18. The summed E-state index contributed by atoms with van der Waals surface area (Å²) in [5.41, 5.74) is 0.558. The topological polar surface area (TPSA) is 38.3 Å². The predicted molar refractivity (Wildman–Crippen MR) is 69.4 cm³/mol. The Labute approximate surface area is 107 Å². The van der Waals surface area contributed by atoms with Gasteiger partial charge in [0.15, 0.2) is 0 Å². The predicted octanol–water partition coefficient (Wildman–Crippen LogP) is 3.90. The molecule has 0 bridgehead atoms. The van der Waals surface area contributed by atoms with Crippen molar-refractivity contribution in [2.24, 2.45) is 0 Å². The van der Waals surface area contributed by atoms with Crippen LogP contribution in [-0.4, -0.2) is 12.2 Å². The van der Waals surface area contributed by atoms with Gasteiger partial charge in [0.1, 0.15) is 0 Å². The summed E-state index contributed by atoms with van der Waals surface area (Å²) in [6, 6.07) is 5.37. The van der Waals surface area contributed by atoms with E-state index in [1.54, 1.807) is 26.0 Å². The zero-order valence-corrected chi connectivity index (χ0v) is 11.3. The molecule has 1 amide bonds. The molecule has 0 heterocycles. The first-order chi connectivity index (χ1) is 6.99. The first-order valence-electron chi connectivity index (χ1n) is 4.41.